The van der Waals surface area contributed by atoms with Crippen molar-refractivity contribution in [1.82, 2.24) is 15.0 Å². The van der Waals surface area contributed by atoms with Crippen LogP contribution in [0, 0.1) is 11.3 Å². The molecule has 0 aliphatic carbocycles. The Morgan fingerprint density at radius 3 is 1.88 bits per heavy atom. The first-order chi connectivity index (χ1) is 12.8. The second-order valence-electron chi connectivity index (χ2n) is 6.46. The SMILES string of the molecule is N#CC(Cc1ccccc1)(Cc1ccccc1)n1nnc2ccccc21. The number of hydrogen-bond acceptors (Lipinski definition) is 3. The Morgan fingerprint density at radius 1 is 0.769 bits per heavy atom. The Bertz CT molecular complexity index is 1000. The lowest BCUT2D eigenvalue weighted by Crippen LogP contribution is -2.38. The average Bonchev–Trinajstić information content (AvgIpc) is 3.14. The molecule has 0 atom stereocenters. The van der Waals surface area contributed by atoms with Crippen LogP contribution in [0.3, 0.4) is 0 Å². The Labute approximate surface area is 152 Å². The standard InChI is InChI=1S/C22H18N4/c23-17-22(15-18-9-3-1-4-10-18,16-19-11-5-2-6-12-19)26-21-14-8-7-13-20(21)24-25-26/h1-14H,15-16H2. The highest BCUT2D eigenvalue weighted by molar-refractivity contribution is 5.74. The molecule has 4 rings (SSSR count). The molecule has 4 aromatic rings. The molecule has 1 heterocycles. The maximum atomic E-state index is 10.3. The molecule has 0 amide bonds. The van der Waals surface area contributed by atoms with Crippen molar-refractivity contribution in [2.24, 2.45) is 0 Å². The molecular weight excluding hydrogens is 320 g/mol. The summed E-state index contributed by atoms with van der Waals surface area (Å²) >= 11 is 0. The van der Waals surface area contributed by atoms with Crippen molar-refractivity contribution in [2.45, 2.75) is 18.4 Å². The summed E-state index contributed by atoms with van der Waals surface area (Å²) in [5, 5.41) is 18.9. The zero-order valence-electron chi connectivity index (χ0n) is 14.3. The third-order valence-corrected chi connectivity index (χ3v) is 4.64. The molecule has 0 saturated heterocycles. The molecule has 0 spiro atoms. The Kier molecular flexibility index (Phi) is 4.20. The maximum absolute atomic E-state index is 10.3. The van der Waals surface area contributed by atoms with Crippen LogP contribution < -0.4 is 0 Å². The highest BCUT2D eigenvalue weighted by Gasteiger charge is 2.35. The molecule has 1 aromatic heterocycles. The van der Waals surface area contributed by atoms with Gasteiger partial charge in [-0.2, -0.15) is 5.26 Å². The van der Waals surface area contributed by atoms with Crippen molar-refractivity contribution in [1.29, 1.82) is 5.26 Å². The van der Waals surface area contributed by atoms with Crippen molar-refractivity contribution < 1.29 is 0 Å². The zero-order valence-corrected chi connectivity index (χ0v) is 14.3. The van der Waals surface area contributed by atoms with Gasteiger partial charge in [0.2, 0.25) is 0 Å². The van der Waals surface area contributed by atoms with E-state index in [0.717, 1.165) is 22.2 Å². The van der Waals surface area contributed by atoms with Crippen molar-refractivity contribution in [3.05, 3.63) is 96.1 Å². The Hall–Kier alpha value is -3.45. The first-order valence-corrected chi connectivity index (χ1v) is 8.61. The minimum atomic E-state index is -0.848. The number of para-hydroxylation sites is 1. The summed E-state index contributed by atoms with van der Waals surface area (Å²) in [4.78, 5) is 0. The second-order valence-corrected chi connectivity index (χ2v) is 6.46. The number of nitrogens with zero attached hydrogens (tertiary/aromatic N) is 4. The van der Waals surface area contributed by atoms with Gasteiger partial charge in [0.15, 0.2) is 5.54 Å². The van der Waals surface area contributed by atoms with Crippen LogP contribution in [-0.2, 0) is 18.4 Å². The molecule has 0 N–H and O–H groups in total. The average molecular weight is 338 g/mol. The molecule has 0 saturated carbocycles. The van der Waals surface area contributed by atoms with E-state index in [9.17, 15) is 5.26 Å². The lowest BCUT2D eigenvalue weighted by molar-refractivity contribution is 0.342. The second kappa shape index (κ2) is 6.81. The predicted octanol–water partition coefficient (Wildman–Crippen LogP) is 4.14. The largest absolute Gasteiger partial charge is 0.224 e. The quantitative estimate of drug-likeness (QED) is 0.550. The van der Waals surface area contributed by atoms with Gasteiger partial charge >= 0.3 is 0 Å². The van der Waals surface area contributed by atoms with Gasteiger partial charge in [0.25, 0.3) is 0 Å². The first kappa shape index (κ1) is 16.0. The molecule has 0 aliphatic rings. The molecule has 4 heteroatoms. The summed E-state index contributed by atoms with van der Waals surface area (Å²) in [6.07, 6.45) is 1.12. The number of rotatable bonds is 5. The van der Waals surface area contributed by atoms with Gasteiger partial charge in [0.1, 0.15) is 5.52 Å². The van der Waals surface area contributed by atoms with E-state index in [4.69, 9.17) is 0 Å². The smallest absolute Gasteiger partial charge is 0.159 e. The molecule has 0 fully saturated rings. The molecule has 3 aromatic carbocycles. The number of hydrogen-bond donors (Lipinski definition) is 0. The van der Waals surface area contributed by atoms with Gasteiger partial charge in [-0.25, -0.2) is 4.68 Å². The summed E-state index contributed by atoms with van der Waals surface area (Å²) in [6, 6.07) is 30.5. The van der Waals surface area contributed by atoms with Crippen LogP contribution in [0.4, 0.5) is 0 Å². The molecule has 4 nitrogen and oxygen atoms in total. The third kappa shape index (κ3) is 2.96. The van der Waals surface area contributed by atoms with Gasteiger partial charge in [0.05, 0.1) is 11.6 Å². The summed E-state index contributed by atoms with van der Waals surface area (Å²) in [5.41, 5.74) is 3.03. The fraction of sp³-hybridized carbons (Fsp3) is 0.136. The molecule has 0 bridgehead atoms. The lowest BCUT2D eigenvalue weighted by Gasteiger charge is -2.28. The number of benzene rings is 3. The van der Waals surface area contributed by atoms with Crippen LogP contribution in [0.25, 0.3) is 11.0 Å². The van der Waals surface area contributed by atoms with Gasteiger partial charge in [0, 0.05) is 12.8 Å². The number of fused-ring (bicyclic) bond motifs is 1. The van der Waals surface area contributed by atoms with E-state index in [2.05, 4.69) is 40.6 Å². The van der Waals surface area contributed by atoms with Crippen molar-refractivity contribution in [3.8, 4) is 6.07 Å². The lowest BCUT2D eigenvalue weighted by atomic mass is 9.85. The summed E-state index contributed by atoms with van der Waals surface area (Å²) < 4.78 is 1.79. The van der Waals surface area contributed by atoms with E-state index >= 15 is 0 Å². The zero-order chi connectivity index (χ0) is 17.8. The number of aromatic nitrogens is 3. The third-order valence-electron chi connectivity index (χ3n) is 4.64. The predicted molar refractivity (Wildman–Crippen MR) is 101 cm³/mol. The first-order valence-electron chi connectivity index (χ1n) is 8.61. The maximum Gasteiger partial charge on any atom is 0.159 e. The Morgan fingerprint density at radius 2 is 1.31 bits per heavy atom. The normalized spacial score (nSPS) is 11.3. The van der Waals surface area contributed by atoms with Crippen LogP contribution in [0.1, 0.15) is 11.1 Å². The van der Waals surface area contributed by atoms with Crippen LogP contribution in [0.2, 0.25) is 0 Å². The van der Waals surface area contributed by atoms with Gasteiger partial charge in [-0.3, -0.25) is 0 Å². The molecular formula is C22H18N4. The van der Waals surface area contributed by atoms with Gasteiger partial charge in [-0.05, 0) is 23.3 Å². The fourth-order valence-corrected chi connectivity index (χ4v) is 3.39. The number of nitriles is 1. The monoisotopic (exact) mass is 338 g/mol. The van der Waals surface area contributed by atoms with E-state index < -0.39 is 5.54 Å². The van der Waals surface area contributed by atoms with Crippen molar-refractivity contribution in [2.75, 3.05) is 0 Å². The van der Waals surface area contributed by atoms with E-state index in [1.54, 1.807) is 4.68 Å². The molecule has 0 aliphatic heterocycles. The van der Waals surface area contributed by atoms with Crippen molar-refractivity contribution >= 4 is 11.0 Å². The minimum Gasteiger partial charge on any atom is -0.224 e. The van der Waals surface area contributed by atoms with Crippen LogP contribution in [0.15, 0.2) is 84.9 Å². The van der Waals surface area contributed by atoms with E-state index in [-0.39, 0.29) is 0 Å². The van der Waals surface area contributed by atoms with Gasteiger partial charge in [-0.15, -0.1) is 5.10 Å². The summed E-state index contributed by atoms with van der Waals surface area (Å²) in [7, 11) is 0. The van der Waals surface area contributed by atoms with E-state index in [1.807, 2.05) is 60.7 Å². The van der Waals surface area contributed by atoms with E-state index in [1.165, 1.54) is 0 Å². The summed E-state index contributed by atoms with van der Waals surface area (Å²) in [5.74, 6) is 0. The topological polar surface area (TPSA) is 54.5 Å². The molecule has 126 valence electrons. The molecule has 0 unspecified atom stereocenters. The van der Waals surface area contributed by atoms with Crippen LogP contribution >= 0.6 is 0 Å². The van der Waals surface area contributed by atoms with Crippen molar-refractivity contribution in [3.63, 3.8) is 0 Å². The highest BCUT2D eigenvalue weighted by atomic mass is 15.5. The minimum absolute atomic E-state index is 0.562. The Balaban J connectivity index is 1.86. The van der Waals surface area contributed by atoms with Gasteiger partial charge < -0.3 is 0 Å². The highest BCUT2D eigenvalue weighted by Crippen LogP contribution is 2.29. The van der Waals surface area contributed by atoms with E-state index in [0.29, 0.717) is 12.8 Å². The summed E-state index contributed by atoms with van der Waals surface area (Å²) in [6.45, 7) is 0. The molecule has 0 radical (unpaired) electrons. The van der Waals surface area contributed by atoms with Gasteiger partial charge in [-0.1, -0.05) is 78.0 Å². The van der Waals surface area contributed by atoms with Crippen LogP contribution in [0.5, 0.6) is 0 Å². The molecule has 26 heavy (non-hydrogen) atoms. The fourth-order valence-electron chi connectivity index (χ4n) is 3.39. The van der Waals surface area contributed by atoms with Crippen LogP contribution in [-0.4, -0.2) is 15.0 Å².